The third-order valence-electron chi connectivity index (χ3n) is 6.50. The number of nitrogens with one attached hydrogen (secondary N) is 2. The molecule has 1 amide bonds. The smallest absolute Gasteiger partial charge is 0.253 e. The van der Waals surface area contributed by atoms with Crippen molar-refractivity contribution < 1.29 is 4.79 Å². The van der Waals surface area contributed by atoms with E-state index in [2.05, 4.69) is 54.5 Å². The molecular weight excluding hydrogens is 484 g/mol. The fourth-order valence-electron chi connectivity index (χ4n) is 4.77. The van der Waals surface area contributed by atoms with Crippen molar-refractivity contribution in [3.05, 3.63) is 61.0 Å². The molecule has 2 aromatic rings. The number of benzene rings is 1. The van der Waals surface area contributed by atoms with E-state index in [1.807, 2.05) is 32.9 Å². The molecule has 0 bridgehead atoms. The van der Waals surface area contributed by atoms with Gasteiger partial charge in [0.15, 0.2) is 0 Å². The van der Waals surface area contributed by atoms with Gasteiger partial charge in [-0.1, -0.05) is 21.2 Å². The average Bonchev–Trinajstić information content (AvgIpc) is 2.76. The number of H-pyrrole nitrogens is 1. The molecule has 178 valence electrons. The third kappa shape index (κ3) is 5.82. The monoisotopic (exact) mass is 516 g/mol. The van der Waals surface area contributed by atoms with Crippen molar-refractivity contribution in [2.45, 2.75) is 72.0 Å². The number of hydrogen-bond donors (Lipinski definition) is 3. The second kappa shape index (κ2) is 11.0. The van der Waals surface area contributed by atoms with E-state index in [4.69, 9.17) is 5.84 Å². The number of carbonyl (C=O) groups excluding carboxylic acids is 1. The Morgan fingerprint density at radius 2 is 1.91 bits per heavy atom. The molecule has 1 fully saturated rings. The van der Waals surface area contributed by atoms with Crippen LogP contribution in [0.2, 0.25) is 0 Å². The summed E-state index contributed by atoms with van der Waals surface area (Å²) in [6, 6.07) is 6.40. The van der Waals surface area contributed by atoms with Crippen molar-refractivity contribution in [2.24, 2.45) is 16.2 Å². The first kappa shape index (κ1) is 25.0. The van der Waals surface area contributed by atoms with Gasteiger partial charge >= 0.3 is 0 Å². The van der Waals surface area contributed by atoms with Crippen LogP contribution in [-0.2, 0) is 6.54 Å². The highest BCUT2D eigenvalue weighted by atomic mass is 79.9. The Morgan fingerprint density at radius 1 is 1.21 bits per heavy atom. The second-order valence-corrected chi connectivity index (χ2v) is 9.62. The highest BCUT2D eigenvalue weighted by Gasteiger charge is 2.27. The number of aromatic amines is 1. The Bertz CT molecular complexity index is 1090. The van der Waals surface area contributed by atoms with Gasteiger partial charge in [-0.05, 0) is 82.7 Å². The molecule has 9 heteroatoms. The van der Waals surface area contributed by atoms with Crippen LogP contribution >= 0.6 is 15.9 Å². The van der Waals surface area contributed by atoms with Crippen LogP contribution in [0.3, 0.4) is 0 Å². The van der Waals surface area contributed by atoms with Gasteiger partial charge in [-0.3, -0.25) is 9.59 Å². The van der Waals surface area contributed by atoms with Crippen LogP contribution in [0.5, 0.6) is 0 Å². The Hall–Kier alpha value is -2.68. The number of nitrogens with two attached hydrogens (primary N) is 1. The third-order valence-corrected chi connectivity index (χ3v) is 6.95. The minimum atomic E-state index is -0.197. The molecule has 8 nitrogen and oxygen atoms in total. The molecule has 3 rings (SSSR count). The minimum absolute atomic E-state index is 0.165. The minimum Gasteiger partial charge on any atom is -0.369 e. The van der Waals surface area contributed by atoms with Crippen LogP contribution < -0.4 is 21.6 Å². The van der Waals surface area contributed by atoms with Crippen LogP contribution in [0.4, 0.5) is 5.69 Å². The number of nitrogens with zero attached hydrogens (tertiary/aromatic N) is 3. The van der Waals surface area contributed by atoms with E-state index in [0.717, 1.165) is 59.2 Å². The number of aryl methyl sites for hydroxylation is 2. The lowest BCUT2D eigenvalue weighted by molar-refractivity contribution is 0.0950. The summed E-state index contributed by atoms with van der Waals surface area (Å²) < 4.78 is 0.849. The number of aromatic nitrogens is 1. The SMILES string of the molecule is CCN(c1cc(Br)cc(C(=O)NCc2c(C)cc(C)[nH]c2=O)c1C)[C@H]1CC[C@H](N=NN)CC1. The largest absolute Gasteiger partial charge is 0.369 e. The molecule has 1 saturated carbocycles. The molecule has 1 heterocycles. The van der Waals surface area contributed by atoms with Gasteiger partial charge in [-0.2, -0.15) is 5.11 Å². The first-order chi connectivity index (χ1) is 15.7. The van der Waals surface area contributed by atoms with Crippen LogP contribution in [-0.4, -0.2) is 29.5 Å². The Balaban J connectivity index is 1.81. The van der Waals surface area contributed by atoms with Crippen LogP contribution in [0.25, 0.3) is 0 Å². The lowest BCUT2D eigenvalue weighted by Crippen LogP contribution is -2.39. The number of amides is 1. The Morgan fingerprint density at radius 3 is 2.52 bits per heavy atom. The van der Waals surface area contributed by atoms with Crippen molar-refractivity contribution >= 4 is 27.5 Å². The van der Waals surface area contributed by atoms with Gasteiger partial charge in [0, 0.05) is 46.1 Å². The average molecular weight is 517 g/mol. The highest BCUT2D eigenvalue weighted by molar-refractivity contribution is 9.10. The highest BCUT2D eigenvalue weighted by Crippen LogP contribution is 2.34. The molecule has 0 saturated heterocycles. The van der Waals surface area contributed by atoms with Gasteiger partial charge in [0.25, 0.3) is 11.5 Å². The van der Waals surface area contributed by atoms with Crippen molar-refractivity contribution in [3.8, 4) is 0 Å². The molecule has 0 spiro atoms. The summed E-state index contributed by atoms with van der Waals surface area (Å²) in [5, 5.41) is 10.5. The number of hydrogen-bond acceptors (Lipinski definition) is 5. The van der Waals surface area contributed by atoms with Gasteiger partial charge in [0.2, 0.25) is 0 Å². The van der Waals surface area contributed by atoms with Gasteiger partial charge in [0.05, 0.1) is 6.04 Å². The summed E-state index contributed by atoms with van der Waals surface area (Å²) >= 11 is 3.59. The van der Waals surface area contributed by atoms with Crippen LogP contribution in [0.15, 0.2) is 37.8 Å². The Labute approximate surface area is 203 Å². The molecule has 1 aromatic carbocycles. The zero-order valence-electron chi connectivity index (χ0n) is 19.7. The van der Waals surface area contributed by atoms with Gasteiger partial charge in [-0.15, -0.1) is 0 Å². The van der Waals surface area contributed by atoms with Crippen molar-refractivity contribution in [1.82, 2.24) is 10.3 Å². The van der Waals surface area contributed by atoms with E-state index in [1.165, 1.54) is 0 Å². The molecule has 0 atom stereocenters. The summed E-state index contributed by atoms with van der Waals surface area (Å²) in [7, 11) is 0. The standard InChI is InChI=1S/C24H33BrN6O2/c1-5-31(19-8-6-18(7-9-19)29-30-26)22-12-17(25)11-20(16(22)4)23(32)27-13-21-14(2)10-15(3)28-24(21)33/h10-12,18-19H,5-9,13H2,1-4H3,(H2,26,29)(H,27,32)(H,28,33)/t18-,19-. The van der Waals surface area contributed by atoms with Crippen molar-refractivity contribution in [2.75, 3.05) is 11.4 Å². The molecule has 1 aliphatic carbocycles. The fourth-order valence-corrected chi connectivity index (χ4v) is 5.21. The predicted octanol–water partition coefficient (Wildman–Crippen LogP) is 4.46. The first-order valence-electron chi connectivity index (χ1n) is 11.4. The molecular formula is C24H33BrN6O2. The van der Waals surface area contributed by atoms with Crippen LogP contribution in [0, 0.1) is 20.8 Å². The molecule has 0 aliphatic heterocycles. The van der Waals surface area contributed by atoms with Crippen LogP contribution in [0.1, 0.15) is 65.3 Å². The predicted molar refractivity (Wildman–Crippen MR) is 135 cm³/mol. The number of pyridine rings is 1. The Kier molecular flexibility index (Phi) is 8.29. The first-order valence-corrected chi connectivity index (χ1v) is 12.2. The molecule has 1 aromatic heterocycles. The molecule has 0 radical (unpaired) electrons. The number of carbonyl (C=O) groups is 1. The zero-order valence-corrected chi connectivity index (χ0v) is 21.3. The molecule has 4 N–H and O–H groups in total. The van der Waals surface area contributed by atoms with Gasteiger partial charge in [0.1, 0.15) is 0 Å². The molecule has 1 aliphatic rings. The maximum absolute atomic E-state index is 13.1. The summed E-state index contributed by atoms with van der Waals surface area (Å²) in [6.45, 7) is 8.87. The number of rotatable bonds is 7. The lowest BCUT2D eigenvalue weighted by atomic mass is 9.90. The second-order valence-electron chi connectivity index (χ2n) is 8.70. The summed E-state index contributed by atoms with van der Waals surface area (Å²) in [5.74, 6) is 5.03. The van der Waals surface area contributed by atoms with E-state index in [0.29, 0.717) is 17.2 Å². The quantitative estimate of drug-likeness (QED) is 0.286. The summed E-state index contributed by atoms with van der Waals surface area (Å²) in [4.78, 5) is 30.6. The van der Waals surface area contributed by atoms with Crippen molar-refractivity contribution in [3.63, 3.8) is 0 Å². The maximum Gasteiger partial charge on any atom is 0.253 e. The maximum atomic E-state index is 13.1. The van der Waals surface area contributed by atoms with E-state index >= 15 is 0 Å². The summed E-state index contributed by atoms with van der Waals surface area (Å²) in [5.41, 5.74) is 4.65. The fraction of sp³-hybridized carbons (Fsp3) is 0.500. The molecule has 33 heavy (non-hydrogen) atoms. The lowest BCUT2D eigenvalue weighted by Gasteiger charge is -2.38. The van der Waals surface area contributed by atoms with E-state index in [-0.39, 0.29) is 24.1 Å². The number of halogens is 1. The van der Waals surface area contributed by atoms with Crippen molar-refractivity contribution in [1.29, 1.82) is 0 Å². The zero-order chi connectivity index (χ0) is 24.1. The normalized spacial score (nSPS) is 18.5. The van der Waals surface area contributed by atoms with E-state index in [1.54, 1.807) is 0 Å². The summed E-state index contributed by atoms with van der Waals surface area (Å²) in [6.07, 6.45) is 3.90. The van der Waals surface area contributed by atoms with Gasteiger partial charge in [-0.25, -0.2) is 0 Å². The van der Waals surface area contributed by atoms with E-state index in [9.17, 15) is 9.59 Å². The number of anilines is 1. The topological polar surface area (TPSA) is 116 Å². The van der Waals surface area contributed by atoms with E-state index < -0.39 is 0 Å². The molecule has 0 unspecified atom stereocenters. The van der Waals surface area contributed by atoms with Gasteiger partial charge < -0.3 is 21.0 Å².